The molecule has 0 aliphatic heterocycles. The molecule has 0 saturated carbocycles. The molecule has 68 valence electrons. The van der Waals surface area contributed by atoms with Gasteiger partial charge < -0.3 is 11.5 Å². The summed E-state index contributed by atoms with van der Waals surface area (Å²) in [6, 6.07) is 0. The van der Waals surface area contributed by atoms with Crippen molar-refractivity contribution < 1.29 is 0 Å². The number of aromatic nitrogens is 2. The summed E-state index contributed by atoms with van der Waals surface area (Å²) in [6.07, 6.45) is 5.36. The van der Waals surface area contributed by atoms with E-state index in [0.717, 1.165) is 13.0 Å². The minimum atomic E-state index is 0.437. The van der Waals surface area contributed by atoms with Gasteiger partial charge in [0.05, 0.1) is 11.9 Å². The van der Waals surface area contributed by atoms with Crippen molar-refractivity contribution in [2.75, 3.05) is 11.5 Å². The van der Waals surface area contributed by atoms with Crippen molar-refractivity contribution in [3.8, 4) is 0 Å². The molecule has 0 aromatic carbocycles. The van der Waals surface area contributed by atoms with E-state index < -0.39 is 0 Å². The number of rotatable bonds is 4. The van der Waals surface area contributed by atoms with Crippen molar-refractivity contribution in [1.82, 2.24) is 9.78 Å². The van der Waals surface area contributed by atoms with Gasteiger partial charge in [0.1, 0.15) is 0 Å². The quantitative estimate of drug-likeness (QED) is 0.664. The Labute approximate surface area is 72.5 Å². The molecule has 12 heavy (non-hydrogen) atoms. The third-order valence-corrected chi connectivity index (χ3v) is 1.81. The maximum Gasteiger partial charge on any atom is 0.168 e. The zero-order chi connectivity index (χ0) is 8.97. The predicted molar refractivity (Wildman–Crippen MR) is 50.6 cm³/mol. The van der Waals surface area contributed by atoms with Crippen LogP contribution in [0.25, 0.3) is 0 Å². The zero-order valence-corrected chi connectivity index (χ0v) is 7.45. The highest BCUT2D eigenvalue weighted by molar-refractivity contribution is 5.56. The largest absolute Gasteiger partial charge is 0.394 e. The van der Waals surface area contributed by atoms with Crippen LogP contribution in [0, 0.1) is 0 Å². The summed E-state index contributed by atoms with van der Waals surface area (Å²) in [5.41, 5.74) is 11.6. The van der Waals surface area contributed by atoms with Crippen LogP contribution in [0.2, 0.25) is 0 Å². The van der Waals surface area contributed by atoms with Crippen molar-refractivity contribution in [2.24, 2.45) is 0 Å². The predicted octanol–water partition coefficient (Wildman–Crippen LogP) is 1.24. The summed E-state index contributed by atoms with van der Waals surface area (Å²) in [5.74, 6) is 0.437. The van der Waals surface area contributed by atoms with Crippen LogP contribution in [0.5, 0.6) is 0 Å². The van der Waals surface area contributed by atoms with Crippen LogP contribution in [-0.4, -0.2) is 9.78 Å². The van der Waals surface area contributed by atoms with Crippen molar-refractivity contribution in [3.05, 3.63) is 6.20 Å². The normalized spacial score (nSPS) is 10.4. The average molecular weight is 168 g/mol. The summed E-state index contributed by atoms with van der Waals surface area (Å²) in [6.45, 7) is 3.08. The number of nitrogens with zero attached hydrogens (tertiary/aromatic N) is 2. The Morgan fingerprint density at radius 1 is 1.42 bits per heavy atom. The molecule has 0 radical (unpaired) electrons. The van der Waals surface area contributed by atoms with Gasteiger partial charge in [-0.05, 0) is 6.42 Å². The fourth-order valence-electron chi connectivity index (χ4n) is 1.09. The van der Waals surface area contributed by atoms with Crippen LogP contribution in [0.4, 0.5) is 11.5 Å². The van der Waals surface area contributed by atoms with Gasteiger partial charge in [-0.1, -0.05) is 19.8 Å². The monoisotopic (exact) mass is 168 g/mol. The van der Waals surface area contributed by atoms with E-state index in [1.165, 1.54) is 12.8 Å². The molecule has 0 spiro atoms. The smallest absolute Gasteiger partial charge is 0.168 e. The molecule has 0 aliphatic carbocycles. The Kier molecular flexibility index (Phi) is 2.96. The lowest BCUT2D eigenvalue weighted by Crippen LogP contribution is -1.99. The van der Waals surface area contributed by atoms with Crippen LogP contribution < -0.4 is 11.5 Å². The number of anilines is 2. The van der Waals surface area contributed by atoms with Crippen molar-refractivity contribution in [2.45, 2.75) is 32.7 Å². The molecule has 1 aromatic rings. The van der Waals surface area contributed by atoms with Crippen LogP contribution in [-0.2, 0) is 6.54 Å². The first kappa shape index (κ1) is 8.90. The van der Waals surface area contributed by atoms with Gasteiger partial charge in [-0.15, -0.1) is 0 Å². The summed E-state index contributed by atoms with van der Waals surface area (Å²) in [7, 11) is 0. The molecule has 4 heteroatoms. The molecule has 1 heterocycles. The standard InChI is InChI=1S/C8H16N4/c1-2-3-4-5-12-6-7(9)8(10)11-12/h6H,2-5,9H2,1H3,(H2,10,11). The summed E-state index contributed by atoms with van der Waals surface area (Å²) in [4.78, 5) is 0. The fourth-order valence-corrected chi connectivity index (χ4v) is 1.09. The van der Waals surface area contributed by atoms with E-state index in [9.17, 15) is 0 Å². The Morgan fingerprint density at radius 2 is 2.17 bits per heavy atom. The number of unbranched alkanes of at least 4 members (excludes halogenated alkanes) is 2. The lowest BCUT2D eigenvalue weighted by Gasteiger charge is -1.98. The third-order valence-electron chi connectivity index (χ3n) is 1.81. The van der Waals surface area contributed by atoms with Crippen LogP contribution in [0.1, 0.15) is 26.2 Å². The van der Waals surface area contributed by atoms with Gasteiger partial charge in [0.25, 0.3) is 0 Å². The zero-order valence-electron chi connectivity index (χ0n) is 7.45. The van der Waals surface area contributed by atoms with E-state index >= 15 is 0 Å². The van der Waals surface area contributed by atoms with Gasteiger partial charge in [-0.25, -0.2) is 0 Å². The molecule has 4 N–H and O–H groups in total. The number of hydrogen-bond donors (Lipinski definition) is 2. The first-order chi connectivity index (χ1) is 5.74. The molecule has 0 saturated heterocycles. The Hall–Kier alpha value is -1.19. The van der Waals surface area contributed by atoms with Gasteiger partial charge in [0.2, 0.25) is 0 Å². The average Bonchev–Trinajstić information content (AvgIpc) is 2.32. The molecular formula is C8H16N4. The number of aryl methyl sites for hydroxylation is 1. The summed E-state index contributed by atoms with van der Waals surface area (Å²) < 4.78 is 1.81. The molecule has 0 aliphatic rings. The van der Waals surface area contributed by atoms with Crippen LogP contribution in [0.3, 0.4) is 0 Å². The van der Waals surface area contributed by atoms with Crippen LogP contribution >= 0.6 is 0 Å². The molecule has 0 fully saturated rings. The number of hydrogen-bond acceptors (Lipinski definition) is 3. The van der Waals surface area contributed by atoms with E-state index in [4.69, 9.17) is 11.5 Å². The molecule has 4 nitrogen and oxygen atoms in total. The highest BCUT2D eigenvalue weighted by Crippen LogP contribution is 2.10. The lowest BCUT2D eigenvalue weighted by atomic mass is 10.2. The molecule has 1 aromatic heterocycles. The van der Waals surface area contributed by atoms with Gasteiger partial charge in [0.15, 0.2) is 5.82 Å². The maximum absolute atomic E-state index is 5.54. The maximum atomic E-state index is 5.54. The third kappa shape index (κ3) is 2.15. The van der Waals surface area contributed by atoms with Crippen molar-refractivity contribution in [1.29, 1.82) is 0 Å². The fraction of sp³-hybridized carbons (Fsp3) is 0.625. The van der Waals surface area contributed by atoms with Gasteiger partial charge in [0, 0.05) is 6.54 Å². The highest BCUT2D eigenvalue weighted by atomic mass is 15.3. The molecule has 1 rings (SSSR count). The van der Waals surface area contributed by atoms with E-state index in [-0.39, 0.29) is 0 Å². The number of nitrogen functional groups attached to an aromatic ring is 2. The molecule has 0 bridgehead atoms. The first-order valence-electron chi connectivity index (χ1n) is 4.32. The van der Waals surface area contributed by atoms with E-state index in [1.54, 1.807) is 10.9 Å². The second-order valence-electron chi connectivity index (χ2n) is 2.94. The van der Waals surface area contributed by atoms with E-state index in [0.29, 0.717) is 11.5 Å². The number of nitrogens with two attached hydrogens (primary N) is 2. The Balaban J connectivity index is 2.42. The van der Waals surface area contributed by atoms with Gasteiger partial charge in [-0.3, -0.25) is 4.68 Å². The first-order valence-corrected chi connectivity index (χ1v) is 4.32. The minimum absolute atomic E-state index is 0.437. The Bertz CT molecular complexity index is 222. The second-order valence-corrected chi connectivity index (χ2v) is 2.94. The molecule has 0 atom stereocenters. The molecule has 0 unspecified atom stereocenters. The molecular weight excluding hydrogens is 152 g/mol. The lowest BCUT2D eigenvalue weighted by molar-refractivity contribution is 0.555. The minimum Gasteiger partial charge on any atom is -0.394 e. The topological polar surface area (TPSA) is 69.9 Å². The van der Waals surface area contributed by atoms with Gasteiger partial charge >= 0.3 is 0 Å². The summed E-state index contributed by atoms with van der Waals surface area (Å²) in [5, 5.41) is 4.05. The SMILES string of the molecule is CCCCCn1cc(N)c(N)n1. The van der Waals surface area contributed by atoms with Crippen molar-refractivity contribution in [3.63, 3.8) is 0 Å². The van der Waals surface area contributed by atoms with E-state index in [2.05, 4.69) is 12.0 Å². The van der Waals surface area contributed by atoms with Crippen LogP contribution in [0.15, 0.2) is 6.20 Å². The van der Waals surface area contributed by atoms with Crippen molar-refractivity contribution >= 4 is 11.5 Å². The summed E-state index contributed by atoms with van der Waals surface area (Å²) >= 11 is 0. The molecule has 0 amide bonds. The van der Waals surface area contributed by atoms with E-state index in [1.807, 2.05) is 0 Å². The van der Waals surface area contributed by atoms with Gasteiger partial charge in [-0.2, -0.15) is 5.10 Å². The second kappa shape index (κ2) is 3.99. The highest BCUT2D eigenvalue weighted by Gasteiger charge is 1.99. The Morgan fingerprint density at radius 3 is 2.67 bits per heavy atom.